The Morgan fingerprint density at radius 1 is 1.46 bits per heavy atom. The average molecular weight is 208 g/mol. The first-order chi connectivity index (χ1) is 5.85. The van der Waals surface area contributed by atoms with Gasteiger partial charge >= 0.3 is 5.97 Å². The number of hydrogen-bond donors (Lipinski definition) is 0. The number of halogens is 1. The highest BCUT2D eigenvalue weighted by molar-refractivity contribution is 6.13. The van der Waals surface area contributed by atoms with Crippen molar-refractivity contribution in [3.05, 3.63) is 0 Å². The molecule has 0 atom stereocenters. The van der Waals surface area contributed by atoms with E-state index in [-0.39, 0.29) is 5.97 Å². The summed E-state index contributed by atoms with van der Waals surface area (Å²) >= 11 is 5.71. The number of carbonyl (C=O) groups excluding carboxylic acids is 1. The Morgan fingerprint density at radius 3 is 2.38 bits per heavy atom. The molecule has 0 rings (SSSR count). The third kappa shape index (κ3) is 8.06. The van der Waals surface area contributed by atoms with Crippen LogP contribution in [0.1, 0.15) is 34.1 Å². The lowest BCUT2D eigenvalue weighted by Crippen LogP contribution is -2.26. The highest BCUT2D eigenvalue weighted by Gasteiger charge is 2.16. The fourth-order valence-corrected chi connectivity index (χ4v) is 0.848. The molecule has 0 fully saturated rings. The number of esters is 1. The summed E-state index contributed by atoms with van der Waals surface area (Å²) in [5.74, 6) is -0.202. The molecule has 0 N–H and O–H groups in total. The van der Waals surface area contributed by atoms with Crippen molar-refractivity contribution in [2.24, 2.45) is 0 Å². The predicted octanol–water partition coefficient (Wildman–Crippen LogP) is 2.19. The van der Waals surface area contributed by atoms with Crippen molar-refractivity contribution in [3.8, 4) is 0 Å². The molecule has 0 aromatic carbocycles. The van der Waals surface area contributed by atoms with Crippen molar-refractivity contribution >= 4 is 17.7 Å². The number of rotatable bonds is 4. The van der Waals surface area contributed by atoms with Gasteiger partial charge < -0.3 is 4.74 Å². The molecule has 0 amide bonds. The first-order valence-electron chi connectivity index (χ1n) is 4.47. The lowest BCUT2D eigenvalue weighted by Gasteiger charge is -2.20. The third-order valence-electron chi connectivity index (χ3n) is 1.32. The van der Waals surface area contributed by atoms with Gasteiger partial charge in [-0.05, 0) is 32.5 Å². The molecule has 0 unspecified atom stereocenters. The van der Waals surface area contributed by atoms with Crippen LogP contribution in [0.5, 0.6) is 0 Å². The first kappa shape index (κ1) is 12.7. The van der Waals surface area contributed by atoms with Gasteiger partial charge in [-0.3, -0.25) is 4.79 Å². The van der Waals surface area contributed by atoms with Crippen molar-refractivity contribution in [1.82, 2.24) is 4.42 Å². The number of nitrogens with zero attached hydrogens (tertiary/aromatic N) is 1. The van der Waals surface area contributed by atoms with Crippen molar-refractivity contribution in [3.63, 3.8) is 0 Å². The van der Waals surface area contributed by atoms with Gasteiger partial charge in [0, 0.05) is 13.1 Å². The van der Waals surface area contributed by atoms with Crippen LogP contribution in [0.3, 0.4) is 0 Å². The number of hydrogen-bond acceptors (Lipinski definition) is 3. The average Bonchev–Trinajstić information content (AvgIpc) is 1.97. The second kappa shape index (κ2) is 5.45. The van der Waals surface area contributed by atoms with E-state index in [1.807, 2.05) is 27.7 Å². The SMILES string of the molecule is CCN(Cl)CCC(=O)OC(C)(C)C. The van der Waals surface area contributed by atoms with Gasteiger partial charge in [0.1, 0.15) is 5.60 Å². The van der Waals surface area contributed by atoms with Crippen LogP contribution >= 0.6 is 11.8 Å². The Balaban J connectivity index is 3.64. The summed E-state index contributed by atoms with van der Waals surface area (Å²) in [6.45, 7) is 8.75. The van der Waals surface area contributed by atoms with E-state index in [1.165, 1.54) is 0 Å². The van der Waals surface area contributed by atoms with Gasteiger partial charge in [-0.1, -0.05) is 6.92 Å². The van der Waals surface area contributed by atoms with Gasteiger partial charge in [0.15, 0.2) is 0 Å². The van der Waals surface area contributed by atoms with Crippen molar-refractivity contribution in [1.29, 1.82) is 0 Å². The molecule has 0 aromatic rings. The third-order valence-corrected chi connectivity index (χ3v) is 1.73. The second-order valence-corrected chi connectivity index (χ2v) is 4.32. The highest BCUT2D eigenvalue weighted by Crippen LogP contribution is 2.08. The molecule has 0 aliphatic carbocycles. The smallest absolute Gasteiger partial charge is 0.307 e. The highest BCUT2D eigenvalue weighted by atomic mass is 35.5. The van der Waals surface area contributed by atoms with E-state index >= 15 is 0 Å². The summed E-state index contributed by atoms with van der Waals surface area (Å²) < 4.78 is 6.67. The van der Waals surface area contributed by atoms with Crippen molar-refractivity contribution in [2.75, 3.05) is 13.1 Å². The molecule has 13 heavy (non-hydrogen) atoms. The van der Waals surface area contributed by atoms with E-state index in [4.69, 9.17) is 16.5 Å². The fraction of sp³-hybridized carbons (Fsp3) is 0.889. The molecule has 0 bridgehead atoms. The van der Waals surface area contributed by atoms with Crippen LogP contribution in [-0.2, 0) is 9.53 Å². The maximum Gasteiger partial charge on any atom is 0.307 e. The van der Waals surface area contributed by atoms with E-state index in [1.54, 1.807) is 4.42 Å². The largest absolute Gasteiger partial charge is 0.460 e. The molecule has 0 saturated carbocycles. The zero-order chi connectivity index (χ0) is 10.5. The molecule has 0 spiro atoms. The first-order valence-corrected chi connectivity index (χ1v) is 4.81. The number of ether oxygens (including phenoxy) is 1. The van der Waals surface area contributed by atoms with Crippen LogP contribution in [0.25, 0.3) is 0 Å². The van der Waals surface area contributed by atoms with Gasteiger partial charge in [0.05, 0.1) is 6.42 Å². The minimum absolute atomic E-state index is 0.202. The molecule has 0 saturated heterocycles. The summed E-state index contributed by atoms with van der Waals surface area (Å²) in [4.78, 5) is 11.2. The standard InChI is InChI=1S/C9H18ClNO2/c1-5-11(10)7-6-8(12)13-9(2,3)4/h5-7H2,1-4H3. The molecule has 0 radical (unpaired) electrons. The van der Waals surface area contributed by atoms with E-state index in [0.29, 0.717) is 13.0 Å². The lowest BCUT2D eigenvalue weighted by molar-refractivity contribution is -0.154. The fourth-order valence-electron chi connectivity index (χ4n) is 0.763. The topological polar surface area (TPSA) is 29.5 Å². The summed E-state index contributed by atoms with van der Waals surface area (Å²) in [5, 5.41) is 0. The van der Waals surface area contributed by atoms with Gasteiger partial charge in [0.2, 0.25) is 0 Å². The van der Waals surface area contributed by atoms with Crippen LogP contribution in [-0.4, -0.2) is 29.1 Å². The van der Waals surface area contributed by atoms with Gasteiger partial charge in [-0.25, -0.2) is 4.42 Å². The minimum Gasteiger partial charge on any atom is -0.460 e. The predicted molar refractivity (Wildman–Crippen MR) is 53.6 cm³/mol. The minimum atomic E-state index is -0.402. The summed E-state index contributed by atoms with van der Waals surface area (Å²) in [6, 6.07) is 0. The molecular formula is C9H18ClNO2. The summed E-state index contributed by atoms with van der Waals surface area (Å²) in [6.07, 6.45) is 0.342. The van der Waals surface area contributed by atoms with Crippen LogP contribution in [0.4, 0.5) is 0 Å². The van der Waals surface area contributed by atoms with Gasteiger partial charge in [-0.15, -0.1) is 0 Å². The monoisotopic (exact) mass is 207 g/mol. The van der Waals surface area contributed by atoms with E-state index in [2.05, 4.69) is 0 Å². The van der Waals surface area contributed by atoms with E-state index in [0.717, 1.165) is 6.54 Å². The molecule has 0 aliphatic heterocycles. The summed E-state index contributed by atoms with van der Waals surface area (Å²) in [5.41, 5.74) is -0.402. The molecule has 4 heteroatoms. The number of carbonyl (C=O) groups is 1. The second-order valence-electron chi connectivity index (χ2n) is 3.84. The van der Waals surface area contributed by atoms with E-state index < -0.39 is 5.60 Å². The van der Waals surface area contributed by atoms with Crippen LogP contribution < -0.4 is 0 Å². The molecule has 0 aliphatic rings. The molecule has 78 valence electrons. The van der Waals surface area contributed by atoms with Crippen molar-refractivity contribution < 1.29 is 9.53 Å². The maximum absolute atomic E-state index is 11.2. The maximum atomic E-state index is 11.2. The van der Waals surface area contributed by atoms with Crippen molar-refractivity contribution in [2.45, 2.75) is 39.7 Å². The normalized spacial score (nSPS) is 11.8. The Hall–Kier alpha value is -0.280. The Kier molecular flexibility index (Phi) is 5.33. The Morgan fingerprint density at radius 2 is 2.00 bits per heavy atom. The summed E-state index contributed by atoms with van der Waals surface area (Å²) in [7, 11) is 0. The van der Waals surface area contributed by atoms with Gasteiger partial charge in [0.25, 0.3) is 0 Å². The van der Waals surface area contributed by atoms with Gasteiger partial charge in [-0.2, -0.15) is 0 Å². The Labute approximate surface area is 85.1 Å². The molecule has 3 nitrogen and oxygen atoms in total. The van der Waals surface area contributed by atoms with Crippen LogP contribution in [0.2, 0.25) is 0 Å². The Bertz CT molecular complexity index is 165. The quantitative estimate of drug-likeness (QED) is 0.523. The zero-order valence-electron chi connectivity index (χ0n) is 8.76. The van der Waals surface area contributed by atoms with E-state index in [9.17, 15) is 4.79 Å². The lowest BCUT2D eigenvalue weighted by atomic mass is 10.2. The van der Waals surface area contributed by atoms with Crippen LogP contribution in [0.15, 0.2) is 0 Å². The molecular weight excluding hydrogens is 190 g/mol. The molecule has 0 aromatic heterocycles. The molecule has 0 heterocycles. The van der Waals surface area contributed by atoms with Crippen LogP contribution in [0, 0.1) is 0 Å². The zero-order valence-corrected chi connectivity index (χ0v) is 9.52.